The Hall–Kier alpha value is -2.03. The van der Waals surface area contributed by atoms with Gasteiger partial charge in [-0.15, -0.1) is 24.0 Å². The van der Waals surface area contributed by atoms with Crippen LogP contribution in [0.15, 0.2) is 47.6 Å². The molecule has 0 spiro atoms. The molecule has 2 N–H and O–H groups in total. The molecule has 3 rings (SSSR count). The monoisotopic (exact) mass is 510 g/mol. The van der Waals surface area contributed by atoms with Crippen molar-refractivity contribution in [2.45, 2.75) is 44.8 Å². The zero-order chi connectivity index (χ0) is 19.6. The van der Waals surface area contributed by atoms with Gasteiger partial charge in [0.2, 0.25) is 5.88 Å². The SMILES string of the molecule is CN=C(NCCc1ccccc1OC)NCc1ccnc(OC2CCCC2)c1.I. The molecular weight excluding hydrogens is 479 g/mol. The third-order valence-electron chi connectivity index (χ3n) is 4.95. The van der Waals surface area contributed by atoms with Gasteiger partial charge in [-0.1, -0.05) is 18.2 Å². The van der Waals surface area contributed by atoms with Crippen molar-refractivity contribution < 1.29 is 9.47 Å². The number of methoxy groups -OCH3 is 1. The first-order valence-corrected chi connectivity index (χ1v) is 9.96. The highest BCUT2D eigenvalue weighted by molar-refractivity contribution is 14.0. The molecule has 0 aliphatic heterocycles. The minimum atomic E-state index is 0. The maximum absolute atomic E-state index is 5.99. The van der Waals surface area contributed by atoms with Crippen LogP contribution in [0.1, 0.15) is 36.8 Å². The molecule has 1 fully saturated rings. The lowest BCUT2D eigenvalue weighted by Gasteiger charge is -2.14. The Morgan fingerprint density at radius 1 is 1.17 bits per heavy atom. The van der Waals surface area contributed by atoms with Crippen molar-refractivity contribution >= 4 is 29.9 Å². The fraction of sp³-hybridized carbons (Fsp3) is 0.455. The molecule has 1 heterocycles. The summed E-state index contributed by atoms with van der Waals surface area (Å²) in [7, 11) is 3.48. The van der Waals surface area contributed by atoms with Gasteiger partial charge in [0.25, 0.3) is 0 Å². The zero-order valence-electron chi connectivity index (χ0n) is 17.2. The first-order chi connectivity index (χ1) is 13.8. The molecule has 1 aromatic carbocycles. The number of benzene rings is 1. The lowest BCUT2D eigenvalue weighted by atomic mass is 10.1. The normalized spacial score (nSPS) is 14.2. The lowest BCUT2D eigenvalue weighted by Crippen LogP contribution is -2.37. The van der Waals surface area contributed by atoms with E-state index < -0.39 is 0 Å². The molecule has 2 aromatic rings. The summed E-state index contributed by atoms with van der Waals surface area (Å²) in [6, 6.07) is 12.1. The number of nitrogens with zero attached hydrogens (tertiary/aromatic N) is 2. The van der Waals surface area contributed by atoms with E-state index in [-0.39, 0.29) is 24.0 Å². The molecule has 0 saturated heterocycles. The number of ether oxygens (including phenoxy) is 2. The zero-order valence-corrected chi connectivity index (χ0v) is 19.5. The van der Waals surface area contributed by atoms with Crippen molar-refractivity contribution in [3.05, 3.63) is 53.7 Å². The number of rotatable bonds is 8. The molecule has 1 aliphatic carbocycles. The van der Waals surface area contributed by atoms with Crippen molar-refractivity contribution in [3.63, 3.8) is 0 Å². The van der Waals surface area contributed by atoms with E-state index in [1.165, 1.54) is 18.4 Å². The molecule has 1 aromatic heterocycles. The van der Waals surface area contributed by atoms with Gasteiger partial charge in [-0.2, -0.15) is 0 Å². The van der Waals surface area contributed by atoms with E-state index in [0.717, 1.165) is 43.1 Å². The number of hydrogen-bond acceptors (Lipinski definition) is 4. The van der Waals surface area contributed by atoms with Crippen LogP contribution < -0.4 is 20.1 Å². The summed E-state index contributed by atoms with van der Waals surface area (Å²) in [4.78, 5) is 8.64. The quantitative estimate of drug-likeness (QED) is 0.320. The minimum Gasteiger partial charge on any atom is -0.496 e. The molecule has 6 nitrogen and oxygen atoms in total. The van der Waals surface area contributed by atoms with Crippen molar-refractivity contribution in [2.75, 3.05) is 20.7 Å². The van der Waals surface area contributed by atoms with Gasteiger partial charge >= 0.3 is 0 Å². The second kappa shape index (κ2) is 12.5. The van der Waals surface area contributed by atoms with E-state index in [1.807, 2.05) is 30.3 Å². The average molecular weight is 510 g/mol. The number of para-hydroxylation sites is 1. The van der Waals surface area contributed by atoms with Gasteiger partial charge in [0.1, 0.15) is 11.9 Å². The van der Waals surface area contributed by atoms with Crippen LogP contribution in [0.5, 0.6) is 11.6 Å². The summed E-state index contributed by atoms with van der Waals surface area (Å²) in [5.74, 6) is 2.40. The van der Waals surface area contributed by atoms with Crippen LogP contribution in [0.25, 0.3) is 0 Å². The van der Waals surface area contributed by atoms with Gasteiger partial charge in [0, 0.05) is 32.4 Å². The van der Waals surface area contributed by atoms with Crippen LogP contribution in [-0.4, -0.2) is 37.7 Å². The Kier molecular flexibility index (Phi) is 10.0. The van der Waals surface area contributed by atoms with Crippen LogP contribution in [0.3, 0.4) is 0 Å². The summed E-state index contributed by atoms with van der Waals surface area (Å²) < 4.78 is 11.4. The predicted molar refractivity (Wildman–Crippen MR) is 127 cm³/mol. The maximum atomic E-state index is 5.99. The molecule has 0 atom stereocenters. The topological polar surface area (TPSA) is 67.8 Å². The third-order valence-corrected chi connectivity index (χ3v) is 4.95. The molecule has 0 amide bonds. The molecule has 0 unspecified atom stereocenters. The predicted octanol–water partition coefficient (Wildman–Crippen LogP) is 3.94. The van der Waals surface area contributed by atoms with Crippen molar-refractivity contribution in [1.82, 2.24) is 15.6 Å². The molecule has 1 saturated carbocycles. The first kappa shape index (κ1) is 23.3. The number of guanidine groups is 1. The number of aromatic nitrogens is 1. The number of hydrogen-bond donors (Lipinski definition) is 2. The molecule has 0 radical (unpaired) electrons. The van der Waals surface area contributed by atoms with E-state index >= 15 is 0 Å². The van der Waals surface area contributed by atoms with E-state index in [2.05, 4.69) is 26.7 Å². The minimum absolute atomic E-state index is 0. The average Bonchev–Trinajstić information content (AvgIpc) is 3.24. The first-order valence-electron chi connectivity index (χ1n) is 9.96. The molecule has 29 heavy (non-hydrogen) atoms. The van der Waals surface area contributed by atoms with Gasteiger partial charge in [-0.25, -0.2) is 4.98 Å². The number of nitrogens with one attached hydrogen (secondary N) is 2. The second-order valence-electron chi connectivity index (χ2n) is 6.94. The molecular formula is C22H31IN4O2. The van der Waals surface area contributed by atoms with Crippen LogP contribution >= 0.6 is 24.0 Å². The largest absolute Gasteiger partial charge is 0.496 e. The van der Waals surface area contributed by atoms with Gasteiger partial charge in [-0.3, -0.25) is 4.99 Å². The summed E-state index contributed by atoms with van der Waals surface area (Å²) in [6.07, 6.45) is 7.75. The van der Waals surface area contributed by atoms with E-state index in [4.69, 9.17) is 9.47 Å². The fourth-order valence-electron chi connectivity index (χ4n) is 3.43. The van der Waals surface area contributed by atoms with Gasteiger partial charge in [0.05, 0.1) is 7.11 Å². The third kappa shape index (κ3) is 7.38. The Bertz CT molecular complexity index is 779. The van der Waals surface area contributed by atoms with Crippen LogP contribution in [-0.2, 0) is 13.0 Å². The maximum Gasteiger partial charge on any atom is 0.213 e. The number of pyridine rings is 1. The van der Waals surface area contributed by atoms with Crippen molar-refractivity contribution in [3.8, 4) is 11.6 Å². The Balaban J connectivity index is 0.00000300. The van der Waals surface area contributed by atoms with Crippen LogP contribution in [0.4, 0.5) is 0 Å². The summed E-state index contributed by atoms with van der Waals surface area (Å²) >= 11 is 0. The highest BCUT2D eigenvalue weighted by Gasteiger charge is 2.17. The summed E-state index contributed by atoms with van der Waals surface area (Å²) in [5, 5.41) is 6.70. The van der Waals surface area contributed by atoms with Crippen molar-refractivity contribution in [2.24, 2.45) is 4.99 Å². The summed E-state index contributed by atoms with van der Waals surface area (Å²) in [6.45, 7) is 1.43. The Morgan fingerprint density at radius 2 is 1.97 bits per heavy atom. The standard InChI is InChI=1S/C22H30N4O2.HI/c1-23-22(25-14-12-18-7-3-6-10-20(18)27-2)26-16-17-11-13-24-21(15-17)28-19-8-4-5-9-19;/h3,6-7,10-11,13,15,19H,4-5,8-9,12,14,16H2,1-2H3,(H2,23,25,26);1H. The molecule has 1 aliphatic rings. The van der Waals surface area contributed by atoms with Gasteiger partial charge in [0.15, 0.2) is 5.96 Å². The number of halogens is 1. The lowest BCUT2D eigenvalue weighted by molar-refractivity contribution is 0.201. The van der Waals surface area contributed by atoms with E-state index in [1.54, 1.807) is 20.4 Å². The number of aliphatic imine (C=N–C) groups is 1. The van der Waals surface area contributed by atoms with Gasteiger partial charge < -0.3 is 20.1 Å². The Morgan fingerprint density at radius 3 is 2.72 bits per heavy atom. The molecule has 158 valence electrons. The summed E-state index contributed by atoms with van der Waals surface area (Å²) in [5.41, 5.74) is 2.30. The second-order valence-corrected chi connectivity index (χ2v) is 6.94. The fourth-order valence-corrected chi connectivity index (χ4v) is 3.43. The molecule has 0 bridgehead atoms. The highest BCUT2D eigenvalue weighted by Crippen LogP contribution is 2.23. The van der Waals surface area contributed by atoms with Gasteiger partial charge in [-0.05, 0) is 55.4 Å². The smallest absolute Gasteiger partial charge is 0.213 e. The van der Waals surface area contributed by atoms with E-state index in [0.29, 0.717) is 18.5 Å². The van der Waals surface area contributed by atoms with E-state index in [9.17, 15) is 0 Å². The Labute approximate surface area is 190 Å². The van der Waals surface area contributed by atoms with Crippen LogP contribution in [0, 0.1) is 0 Å². The molecule has 7 heteroatoms. The van der Waals surface area contributed by atoms with Crippen LogP contribution in [0.2, 0.25) is 0 Å². The highest BCUT2D eigenvalue weighted by atomic mass is 127. The van der Waals surface area contributed by atoms with Crippen molar-refractivity contribution in [1.29, 1.82) is 0 Å².